The molecule has 124 valence electrons. The third-order valence-electron chi connectivity index (χ3n) is 4.09. The summed E-state index contributed by atoms with van der Waals surface area (Å²) in [5.41, 5.74) is 5.49. The van der Waals surface area contributed by atoms with E-state index in [1.807, 2.05) is 43.3 Å². The summed E-state index contributed by atoms with van der Waals surface area (Å²) in [6.07, 6.45) is 1.74. The summed E-state index contributed by atoms with van der Waals surface area (Å²) in [6.45, 7) is 1.98. The summed E-state index contributed by atoms with van der Waals surface area (Å²) >= 11 is 1.70. The van der Waals surface area contributed by atoms with Gasteiger partial charge in [-0.05, 0) is 42.8 Å². The minimum absolute atomic E-state index is 0.224. The van der Waals surface area contributed by atoms with Crippen LogP contribution in [0.3, 0.4) is 0 Å². The van der Waals surface area contributed by atoms with Gasteiger partial charge in [-0.2, -0.15) is 11.8 Å². The van der Waals surface area contributed by atoms with Crippen LogP contribution < -0.4 is 0 Å². The normalized spacial score (nSPS) is 11.3. The van der Waals surface area contributed by atoms with Gasteiger partial charge in [-0.1, -0.05) is 18.2 Å². The van der Waals surface area contributed by atoms with E-state index in [0.29, 0.717) is 5.75 Å². The zero-order chi connectivity index (χ0) is 17.2. The quantitative estimate of drug-likeness (QED) is 0.516. The van der Waals surface area contributed by atoms with Gasteiger partial charge < -0.3 is 0 Å². The highest BCUT2D eigenvalue weighted by atomic mass is 32.2. The van der Waals surface area contributed by atoms with Gasteiger partial charge in [0.25, 0.3) is 0 Å². The van der Waals surface area contributed by atoms with E-state index in [1.165, 1.54) is 6.07 Å². The number of nitrogens with zero attached hydrogens (tertiary/aromatic N) is 3. The smallest absolute Gasteiger partial charge is 0.124 e. The van der Waals surface area contributed by atoms with Crippen molar-refractivity contribution in [3.05, 3.63) is 77.5 Å². The maximum atomic E-state index is 13.8. The molecule has 0 fully saturated rings. The predicted octanol–water partition coefficient (Wildman–Crippen LogP) is 5.06. The second-order valence-electron chi connectivity index (χ2n) is 5.88. The fourth-order valence-corrected chi connectivity index (χ4v) is 3.87. The molecule has 2 heterocycles. The van der Waals surface area contributed by atoms with Crippen molar-refractivity contribution in [2.24, 2.45) is 0 Å². The van der Waals surface area contributed by atoms with E-state index in [4.69, 9.17) is 4.98 Å². The van der Waals surface area contributed by atoms with Gasteiger partial charge in [0.2, 0.25) is 0 Å². The molecular formula is C20H16FN3S. The second kappa shape index (κ2) is 6.76. The molecule has 4 aromatic rings. The monoisotopic (exact) mass is 349 g/mol. The topological polar surface area (TPSA) is 38.7 Å². The maximum absolute atomic E-state index is 13.8. The molecule has 0 N–H and O–H groups in total. The number of thioether (sulfide) groups is 1. The van der Waals surface area contributed by atoms with Gasteiger partial charge in [0.05, 0.1) is 27.9 Å². The van der Waals surface area contributed by atoms with Crippen LogP contribution in [0.2, 0.25) is 0 Å². The Morgan fingerprint density at radius 1 is 0.960 bits per heavy atom. The van der Waals surface area contributed by atoms with Gasteiger partial charge >= 0.3 is 0 Å². The summed E-state index contributed by atoms with van der Waals surface area (Å²) in [5, 5.41) is 0.833. The van der Waals surface area contributed by atoms with Crippen molar-refractivity contribution in [1.82, 2.24) is 15.0 Å². The standard InChI is InChI=1S/C20H16FN3S/c1-13-19(24-18-7-3-2-6-17(18)23-13)12-25-11-15-10-16(21)9-14-5-4-8-22-20(14)15/h2-10H,11-12H2,1H3. The van der Waals surface area contributed by atoms with Crippen LogP contribution in [0.25, 0.3) is 21.9 Å². The predicted molar refractivity (Wildman–Crippen MR) is 101 cm³/mol. The minimum Gasteiger partial charge on any atom is -0.256 e. The number of hydrogen-bond acceptors (Lipinski definition) is 4. The molecule has 0 saturated heterocycles. The molecule has 25 heavy (non-hydrogen) atoms. The van der Waals surface area contributed by atoms with Gasteiger partial charge in [-0.3, -0.25) is 4.98 Å². The summed E-state index contributed by atoms with van der Waals surface area (Å²) in [4.78, 5) is 13.7. The van der Waals surface area contributed by atoms with Gasteiger partial charge in [0, 0.05) is 23.1 Å². The molecule has 4 rings (SSSR count). The number of para-hydroxylation sites is 2. The number of pyridine rings is 1. The van der Waals surface area contributed by atoms with Crippen LogP contribution in [0.15, 0.2) is 54.7 Å². The Morgan fingerprint density at radius 2 is 1.76 bits per heavy atom. The summed E-state index contributed by atoms with van der Waals surface area (Å²) in [5.74, 6) is 1.19. The Bertz CT molecular complexity index is 1070. The Morgan fingerprint density at radius 3 is 2.60 bits per heavy atom. The fraction of sp³-hybridized carbons (Fsp3) is 0.150. The van der Waals surface area contributed by atoms with Crippen molar-refractivity contribution in [1.29, 1.82) is 0 Å². The Balaban J connectivity index is 1.56. The Hall–Kier alpha value is -2.53. The fourth-order valence-electron chi connectivity index (χ4n) is 2.86. The second-order valence-corrected chi connectivity index (χ2v) is 6.86. The molecule has 0 bridgehead atoms. The molecule has 0 aliphatic carbocycles. The number of hydrogen-bond donors (Lipinski definition) is 0. The molecule has 0 amide bonds. The summed E-state index contributed by atoms with van der Waals surface area (Å²) < 4.78 is 13.8. The molecular weight excluding hydrogens is 333 g/mol. The first-order chi connectivity index (χ1) is 12.2. The highest BCUT2D eigenvalue weighted by Gasteiger charge is 2.08. The third-order valence-corrected chi connectivity index (χ3v) is 5.08. The molecule has 5 heteroatoms. The van der Waals surface area contributed by atoms with E-state index in [2.05, 4.69) is 9.97 Å². The van der Waals surface area contributed by atoms with Crippen LogP contribution in [-0.2, 0) is 11.5 Å². The van der Waals surface area contributed by atoms with Crippen LogP contribution in [0.1, 0.15) is 17.0 Å². The Labute approximate surface area is 149 Å². The van der Waals surface area contributed by atoms with E-state index in [1.54, 1.807) is 24.0 Å². The molecule has 0 aliphatic heterocycles. The zero-order valence-electron chi connectivity index (χ0n) is 13.7. The largest absolute Gasteiger partial charge is 0.256 e. The first-order valence-electron chi connectivity index (χ1n) is 8.04. The lowest BCUT2D eigenvalue weighted by atomic mass is 10.1. The van der Waals surface area contributed by atoms with E-state index >= 15 is 0 Å². The molecule has 2 aromatic heterocycles. The van der Waals surface area contributed by atoms with Crippen molar-refractivity contribution < 1.29 is 4.39 Å². The molecule has 3 nitrogen and oxygen atoms in total. The molecule has 0 spiro atoms. The van der Waals surface area contributed by atoms with Crippen LogP contribution in [0.4, 0.5) is 4.39 Å². The van der Waals surface area contributed by atoms with E-state index in [-0.39, 0.29) is 5.82 Å². The average molecular weight is 349 g/mol. The molecule has 0 atom stereocenters. The van der Waals surface area contributed by atoms with E-state index in [0.717, 1.165) is 44.6 Å². The Kier molecular flexibility index (Phi) is 4.32. The molecule has 0 saturated carbocycles. The van der Waals surface area contributed by atoms with Crippen LogP contribution in [0.5, 0.6) is 0 Å². The molecule has 0 aliphatic rings. The van der Waals surface area contributed by atoms with Crippen LogP contribution >= 0.6 is 11.8 Å². The average Bonchev–Trinajstić information content (AvgIpc) is 2.62. The lowest BCUT2D eigenvalue weighted by molar-refractivity contribution is 0.628. The van der Waals surface area contributed by atoms with Crippen molar-refractivity contribution >= 4 is 33.7 Å². The molecule has 0 unspecified atom stereocenters. The zero-order valence-corrected chi connectivity index (χ0v) is 14.6. The molecule has 0 radical (unpaired) electrons. The number of halogens is 1. The highest BCUT2D eigenvalue weighted by Crippen LogP contribution is 2.25. The lowest BCUT2D eigenvalue weighted by Crippen LogP contribution is -1.97. The number of aromatic nitrogens is 3. The van der Waals surface area contributed by atoms with Crippen LogP contribution in [0, 0.1) is 12.7 Å². The molecule has 2 aromatic carbocycles. The van der Waals surface area contributed by atoms with Gasteiger partial charge in [0.15, 0.2) is 0 Å². The minimum atomic E-state index is -0.224. The number of rotatable bonds is 4. The van der Waals surface area contributed by atoms with Gasteiger partial charge in [-0.15, -0.1) is 0 Å². The first-order valence-corrected chi connectivity index (χ1v) is 9.19. The number of benzene rings is 2. The van der Waals surface area contributed by atoms with E-state index in [9.17, 15) is 4.39 Å². The van der Waals surface area contributed by atoms with Gasteiger partial charge in [-0.25, -0.2) is 14.4 Å². The number of fused-ring (bicyclic) bond motifs is 2. The van der Waals surface area contributed by atoms with Crippen molar-refractivity contribution in [3.8, 4) is 0 Å². The van der Waals surface area contributed by atoms with Gasteiger partial charge in [0.1, 0.15) is 5.82 Å². The maximum Gasteiger partial charge on any atom is 0.124 e. The SMILES string of the molecule is Cc1nc2ccccc2nc1CSCc1cc(F)cc2cccnc12. The van der Waals surface area contributed by atoms with Crippen molar-refractivity contribution in [2.45, 2.75) is 18.4 Å². The summed E-state index contributed by atoms with van der Waals surface area (Å²) in [6, 6.07) is 14.7. The number of aryl methyl sites for hydroxylation is 1. The van der Waals surface area contributed by atoms with Crippen LogP contribution in [-0.4, -0.2) is 15.0 Å². The van der Waals surface area contributed by atoms with E-state index < -0.39 is 0 Å². The van der Waals surface area contributed by atoms with Crippen molar-refractivity contribution in [2.75, 3.05) is 0 Å². The lowest BCUT2D eigenvalue weighted by Gasteiger charge is -2.08. The first kappa shape index (κ1) is 16.0. The summed E-state index contributed by atoms with van der Waals surface area (Å²) in [7, 11) is 0. The third kappa shape index (κ3) is 3.33. The van der Waals surface area contributed by atoms with Crippen molar-refractivity contribution in [3.63, 3.8) is 0 Å². The highest BCUT2D eigenvalue weighted by molar-refractivity contribution is 7.97.